The third-order valence-corrected chi connectivity index (χ3v) is 2.31. The molecule has 1 aromatic heterocycles. The Morgan fingerprint density at radius 1 is 1.40 bits per heavy atom. The molecule has 2 rings (SSSR count). The molecule has 0 bridgehead atoms. The van der Waals surface area contributed by atoms with Gasteiger partial charge in [-0.05, 0) is 35.8 Å². The number of aromatic nitrogens is 2. The molecule has 1 heterocycles. The molecule has 0 amide bonds. The second kappa shape index (κ2) is 3.76. The van der Waals surface area contributed by atoms with E-state index in [0.717, 1.165) is 6.42 Å². The second-order valence-electron chi connectivity index (χ2n) is 3.45. The highest BCUT2D eigenvalue weighted by Crippen LogP contribution is 2.27. The maximum atomic E-state index is 5.71. The van der Waals surface area contributed by atoms with Crippen LogP contribution in [0.3, 0.4) is 0 Å². The lowest BCUT2D eigenvalue weighted by atomic mass is 10.2. The van der Waals surface area contributed by atoms with Crippen molar-refractivity contribution in [2.75, 3.05) is 5.73 Å². The fraction of sp³-hybridized carbons (Fsp3) is 0.400. The average molecular weight is 207 g/mol. The van der Waals surface area contributed by atoms with Crippen molar-refractivity contribution >= 4 is 16.7 Å². The first kappa shape index (κ1) is 9.76. The normalized spacial score (nSPS) is 12.9. The van der Waals surface area contributed by atoms with Crippen LogP contribution in [-0.4, -0.2) is 16.4 Å². The number of ether oxygens (including phenoxy) is 1. The van der Waals surface area contributed by atoms with Gasteiger partial charge in [-0.1, -0.05) is 6.92 Å². The van der Waals surface area contributed by atoms with Crippen LogP contribution in [0.5, 0.6) is 5.75 Å². The van der Waals surface area contributed by atoms with Crippen LogP contribution < -0.4 is 10.5 Å². The van der Waals surface area contributed by atoms with E-state index in [1.54, 1.807) is 12.1 Å². The molecule has 1 atom stereocenters. The van der Waals surface area contributed by atoms with Gasteiger partial charge >= 0.3 is 0 Å². The molecular formula is C10H13N3O2. The van der Waals surface area contributed by atoms with Crippen molar-refractivity contribution in [2.24, 2.45) is 0 Å². The van der Waals surface area contributed by atoms with E-state index in [1.165, 1.54) is 0 Å². The highest BCUT2D eigenvalue weighted by atomic mass is 16.6. The SMILES string of the molecule is CCC(C)Oc1ccc(N)c2nonc12. The van der Waals surface area contributed by atoms with Gasteiger partial charge in [-0.15, -0.1) is 0 Å². The van der Waals surface area contributed by atoms with Crippen molar-refractivity contribution in [1.82, 2.24) is 10.3 Å². The number of fused-ring (bicyclic) bond motifs is 1. The van der Waals surface area contributed by atoms with Crippen LogP contribution in [0.25, 0.3) is 11.0 Å². The number of nitrogens with two attached hydrogens (primary N) is 1. The summed E-state index contributed by atoms with van der Waals surface area (Å²) >= 11 is 0. The summed E-state index contributed by atoms with van der Waals surface area (Å²) in [7, 11) is 0. The first-order chi connectivity index (χ1) is 7.22. The highest BCUT2D eigenvalue weighted by molar-refractivity contribution is 5.90. The van der Waals surface area contributed by atoms with E-state index in [1.807, 2.05) is 6.92 Å². The van der Waals surface area contributed by atoms with Gasteiger partial charge in [0.2, 0.25) is 0 Å². The number of hydrogen-bond acceptors (Lipinski definition) is 5. The van der Waals surface area contributed by atoms with E-state index >= 15 is 0 Å². The van der Waals surface area contributed by atoms with Crippen LogP contribution >= 0.6 is 0 Å². The number of nitrogens with zero attached hydrogens (tertiary/aromatic N) is 2. The van der Waals surface area contributed by atoms with E-state index in [2.05, 4.69) is 21.9 Å². The summed E-state index contributed by atoms with van der Waals surface area (Å²) in [6, 6.07) is 3.53. The van der Waals surface area contributed by atoms with Gasteiger partial charge in [0, 0.05) is 0 Å². The Bertz CT molecular complexity index is 467. The first-order valence-electron chi connectivity index (χ1n) is 4.89. The summed E-state index contributed by atoms with van der Waals surface area (Å²) in [4.78, 5) is 0. The summed E-state index contributed by atoms with van der Waals surface area (Å²) in [5, 5.41) is 7.50. The van der Waals surface area contributed by atoms with E-state index in [4.69, 9.17) is 10.5 Å². The monoisotopic (exact) mass is 207 g/mol. The summed E-state index contributed by atoms with van der Waals surface area (Å²) in [6.07, 6.45) is 1.06. The minimum atomic E-state index is 0.133. The quantitative estimate of drug-likeness (QED) is 0.779. The average Bonchev–Trinajstić information content (AvgIpc) is 2.71. The van der Waals surface area contributed by atoms with Crippen LogP contribution in [-0.2, 0) is 0 Å². The lowest BCUT2D eigenvalue weighted by molar-refractivity contribution is 0.218. The lowest BCUT2D eigenvalue weighted by Gasteiger charge is -2.12. The molecule has 0 aliphatic heterocycles. The van der Waals surface area contributed by atoms with Gasteiger partial charge in [0.15, 0.2) is 16.8 Å². The fourth-order valence-electron chi connectivity index (χ4n) is 1.26. The summed E-state index contributed by atoms with van der Waals surface area (Å²) in [5.41, 5.74) is 7.39. The molecule has 0 saturated carbocycles. The van der Waals surface area contributed by atoms with E-state index in [9.17, 15) is 0 Å². The molecule has 0 saturated heterocycles. The van der Waals surface area contributed by atoms with Crippen molar-refractivity contribution < 1.29 is 9.37 Å². The number of nitrogen functional groups attached to an aromatic ring is 1. The number of anilines is 1. The second-order valence-corrected chi connectivity index (χ2v) is 3.45. The number of rotatable bonds is 3. The van der Waals surface area contributed by atoms with E-state index in [0.29, 0.717) is 22.5 Å². The maximum absolute atomic E-state index is 5.71. The molecule has 0 aliphatic carbocycles. The van der Waals surface area contributed by atoms with Gasteiger partial charge < -0.3 is 10.5 Å². The van der Waals surface area contributed by atoms with Crippen LogP contribution in [0.4, 0.5) is 5.69 Å². The molecule has 0 fully saturated rings. The van der Waals surface area contributed by atoms with Gasteiger partial charge in [-0.3, -0.25) is 0 Å². The van der Waals surface area contributed by atoms with Gasteiger partial charge in [-0.2, -0.15) is 0 Å². The van der Waals surface area contributed by atoms with Crippen LogP contribution in [0, 0.1) is 0 Å². The molecule has 1 unspecified atom stereocenters. The minimum absolute atomic E-state index is 0.133. The molecule has 5 heteroatoms. The van der Waals surface area contributed by atoms with Crippen molar-refractivity contribution in [3.05, 3.63) is 12.1 Å². The standard InChI is InChI=1S/C10H13N3O2/c1-3-6(2)14-8-5-4-7(11)9-10(8)13-15-12-9/h4-6H,3,11H2,1-2H3. The molecule has 0 radical (unpaired) electrons. The summed E-state index contributed by atoms with van der Waals surface area (Å²) in [5.74, 6) is 0.662. The van der Waals surface area contributed by atoms with Crippen LogP contribution in [0.1, 0.15) is 20.3 Å². The third kappa shape index (κ3) is 1.72. The summed E-state index contributed by atoms with van der Waals surface area (Å²) in [6.45, 7) is 4.05. The Hall–Kier alpha value is -1.78. The molecule has 2 N–H and O–H groups in total. The zero-order chi connectivity index (χ0) is 10.8. The highest BCUT2D eigenvalue weighted by Gasteiger charge is 2.12. The Morgan fingerprint density at radius 2 is 2.13 bits per heavy atom. The largest absolute Gasteiger partial charge is 0.488 e. The predicted molar refractivity (Wildman–Crippen MR) is 56.6 cm³/mol. The zero-order valence-electron chi connectivity index (χ0n) is 8.73. The van der Waals surface area contributed by atoms with Crippen molar-refractivity contribution in [3.63, 3.8) is 0 Å². The van der Waals surface area contributed by atoms with Crippen molar-refractivity contribution in [1.29, 1.82) is 0 Å². The molecule has 15 heavy (non-hydrogen) atoms. The van der Waals surface area contributed by atoms with Gasteiger partial charge in [0.05, 0.1) is 11.8 Å². The van der Waals surface area contributed by atoms with E-state index in [-0.39, 0.29) is 6.10 Å². The van der Waals surface area contributed by atoms with Gasteiger partial charge in [0.1, 0.15) is 0 Å². The van der Waals surface area contributed by atoms with Gasteiger partial charge in [0.25, 0.3) is 0 Å². The van der Waals surface area contributed by atoms with Crippen LogP contribution in [0.15, 0.2) is 16.8 Å². The summed E-state index contributed by atoms with van der Waals surface area (Å²) < 4.78 is 10.3. The smallest absolute Gasteiger partial charge is 0.179 e. The van der Waals surface area contributed by atoms with E-state index < -0.39 is 0 Å². The topological polar surface area (TPSA) is 74.2 Å². The molecule has 0 aliphatic rings. The molecule has 80 valence electrons. The molecule has 0 spiro atoms. The number of benzene rings is 1. The first-order valence-corrected chi connectivity index (χ1v) is 4.89. The molecule has 5 nitrogen and oxygen atoms in total. The lowest BCUT2D eigenvalue weighted by Crippen LogP contribution is -2.10. The van der Waals surface area contributed by atoms with Crippen molar-refractivity contribution in [3.8, 4) is 5.75 Å². The maximum Gasteiger partial charge on any atom is 0.179 e. The molecule has 1 aromatic carbocycles. The van der Waals surface area contributed by atoms with Crippen molar-refractivity contribution in [2.45, 2.75) is 26.4 Å². The molecular weight excluding hydrogens is 194 g/mol. The fourth-order valence-corrected chi connectivity index (χ4v) is 1.26. The van der Waals surface area contributed by atoms with Gasteiger partial charge in [-0.25, -0.2) is 4.63 Å². The predicted octanol–water partition coefficient (Wildman–Crippen LogP) is 1.98. The Morgan fingerprint density at radius 3 is 2.87 bits per heavy atom. The van der Waals surface area contributed by atoms with Crippen LogP contribution in [0.2, 0.25) is 0 Å². The Balaban J connectivity index is 2.43. The number of hydrogen-bond donors (Lipinski definition) is 1. The Labute approximate surface area is 87.2 Å². The third-order valence-electron chi connectivity index (χ3n) is 2.31. The minimum Gasteiger partial charge on any atom is -0.488 e. The Kier molecular flexibility index (Phi) is 2.45. The zero-order valence-corrected chi connectivity index (χ0v) is 8.73. The molecule has 2 aromatic rings.